The monoisotopic (exact) mass is 271 g/mol. The molecule has 0 saturated carbocycles. The average molecular weight is 271 g/mol. The van der Waals surface area contributed by atoms with Gasteiger partial charge in [0.15, 0.2) is 0 Å². The Morgan fingerprint density at radius 3 is 2.45 bits per heavy atom. The predicted octanol–water partition coefficient (Wildman–Crippen LogP) is 3.48. The molecule has 0 aliphatic heterocycles. The molecular formula is C16H21N3O. The molecule has 2 rings (SSSR count). The lowest BCUT2D eigenvalue weighted by atomic mass is 10.2. The molecule has 0 bridgehead atoms. The van der Waals surface area contributed by atoms with Gasteiger partial charge in [-0.3, -0.25) is 0 Å². The highest BCUT2D eigenvalue weighted by molar-refractivity contribution is 5.82. The average Bonchev–Trinajstić information content (AvgIpc) is 2.44. The lowest BCUT2D eigenvalue weighted by Gasteiger charge is -2.19. The Kier molecular flexibility index (Phi) is 4.35. The van der Waals surface area contributed by atoms with Gasteiger partial charge in [-0.2, -0.15) is 0 Å². The molecule has 106 valence electrons. The first kappa shape index (κ1) is 14.1. The summed E-state index contributed by atoms with van der Waals surface area (Å²) >= 11 is 0. The number of nitrogen functional groups attached to an aromatic ring is 1. The van der Waals surface area contributed by atoms with Crippen molar-refractivity contribution < 1.29 is 4.74 Å². The number of hydrogen-bond acceptors (Lipinski definition) is 4. The molecule has 0 aliphatic carbocycles. The fourth-order valence-electron chi connectivity index (χ4n) is 2.05. The molecule has 0 saturated heterocycles. The zero-order chi connectivity index (χ0) is 14.5. The third-order valence-corrected chi connectivity index (χ3v) is 3.02. The Labute approximate surface area is 120 Å². The van der Waals surface area contributed by atoms with E-state index in [1.807, 2.05) is 57.4 Å². The van der Waals surface area contributed by atoms with Crippen molar-refractivity contribution in [2.75, 3.05) is 36.7 Å². The van der Waals surface area contributed by atoms with Crippen molar-refractivity contribution >= 4 is 22.7 Å². The molecule has 3 N–H and O–H groups in total. The molecular weight excluding hydrogens is 250 g/mol. The topological polar surface area (TPSA) is 50.5 Å². The Balaban J connectivity index is 2.33. The van der Waals surface area contributed by atoms with E-state index in [1.54, 1.807) is 0 Å². The number of para-hydroxylation sites is 3. The first-order valence-corrected chi connectivity index (χ1v) is 6.68. The zero-order valence-corrected chi connectivity index (χ0v) is 12.2. The van der Waals surface area contributed by atoms with Gasteiger partial charge in [0.2, 0.25) is 0 Å². The molecule has 2 aromatic carbocycles. The molecule has 4 heteroatoms. The van der Waals surface area contributed by atoms with Crippen LogP contribution >= 0.6 is 0 Å². The Bertz CT molecular complexity index is 582. The number of ether oxygens (including phenoxy) is 1. The first-order chi connectivity index (χ1) is 9.63. The van der Waals surface area contributed by atoms with Crippen LogP contribution in [0.25, 0.3) is 0 Å². The highest BCUT2D eigenvalue weighted by atomic mass is 16.5. The van der Waals surface area contributed by atoms with E-state index in [1.165, 1.54) is 0 Å². The van der Waals surface area contributed by atoms with Crippen molar-refractivity contribution in [1.82, 2.24) is 0 Å². The quantitative estimate of drug-likeness (QED) is 0.817. The van der Waals surface area contributed by atoms with Crippen LogP contribution in [0.1, 0.15) is 6.92 Å². The van der Waals surface area contributed by atoms with Gasteiger partial charge in [0.25, 0.3) is 0 Å². The maximum atomic E-state index is 6.14. The number of hydrogen-bond donors (Lipinski definition) is 2. The van der Waals surface area contributed by atoms with Crippen LogP contribution < -0.4 is 20.7 Å². The standard InChI is InChI=1S/C16H21N3O/c1-4-20-15-11-7-9-13(16(15)17)18-12-8-5-6-10-14(12)19(2)3/h5-11,18H,4,17H2,1-3H3. The van der Waals surface area contributed by atoms with E-state index in [9.17, 15) is 0 Å². The second-order valence-electron chi connectivity index (χ2n) is 4.69. The van der Waals surface area contributed by atoms with Crippen LogP contribution in [0.2, 0.25) is 0 Å². The van der Waals surface area contributed by atoms with Gasteiger partial charge in [-0.05, 0) is 31.2 Å². The molecule has 0 unspecified atom stereocenters. The van der Waals surface area contributed by atoms with Crippen LogP contribution in [0, 0.1) is 0 Å². The van der Waals surface area contributed by atoms with Gasteiger partial charge in [-0.1, -0.05) is 18.2 Å². The van der Waals surface area contributed by atoms with Crippen molar-refractivity contribution in [3.63, 3.8) is 0 Å². The van der Waals surface area contributed by atoms with Crippen LogP contribution in [0.15, 0.2) is 42.5 Å². The summed E-state index contributed by atoms with van der Waals surface area (Å²) in [5, 5.41) is 3.37. The highest BCUT2D eigenvalue weighted by Crippen LogP contribution is 2.34. The van der Waals surface area contributed by atoms with Crippen molar-refractivity contribution in [3.05, 3.63) is 42.5 Å². The molecule has 0 atom stereocenters. The summed E-state index contributed by atoms with van der Waals surface area (Å²) < 4.78 is 5.52. The third-order valence-electron chi connectivity index (χ3n) is 3.02. The van der Waals surface area contributed by atoms with Crippen molar-refractivity contribution in [2.24, 2.45) is 0 Å². The van der Waals surface area contributed by atoms with Gasteiger partial charge < -0.3 is 20.7 Å². The lowest BCUT2D eigenvalue weighted by Crippen LogP contribution is -2.11. The number of rotatable bonds is 5. The van der Waals surface area contributed by atoms with Crippen LogP contribution in [-0.2, 0) is 0 Å². The van der Waals surface area contributed by atoms with E-state index in [4.69, 9.17) is 10.5 Å². The molecule has 0 spiro atoms. The summed E-state index contributed by atoms with van der Waals surface area (Å²) in [7, 11) is 4.03. The van der Waals surface area contributed by atoms with Gasteiger partial charge in [0.05, 0.1) is 29.4 Å². The maximum absolute atomic E-state index is 6.14. The Morgan fingerprint density at radius 2 is 1.75 bits per heavy atom. The van der Waals surface area contributed by atoms with Crippen molar-refractivity contribution in [2.45, 2.75) is 6.92 Å². The van der Waals surface area contributed by atoms with E-state index in [2.05, 4.69) is 16.3 Å². The second-order valence-corrected chi connectivity index (χ2v) is 4.69. The van der Waals surface area contributed by atoms with E-state index in [0.717, 1.165) is 17.1 Å². The Hall–Kier alpha value is -2.36. The molecule has 4 nitrogen and oxygen atoms in total. The summed E-state index contributed by atoms with van der Waals surface area (Å²) in [6.45, 7) is 2.54. The molecule has 0 aliphatic rings. The van der Waals surface area contributed by atoms with Crippen molar-refractivity contribution in [3.8, 4) is 5.75 Å². The maximum Gasteiger partial charge on any atom is 0.144 e. The van der Waals surface area contributed by atoms with Gasteiger partial charge >= 0.3 is 0 Å². The second kappa shape index (κ2) is 6.19. The van der Waals surface area contributed by atoms with Gasteiger partial charge in [0, 0.05) is 14.1 Å². The van der Waals surface area contributed by atoms with Gasteiger partial charge in [0.1, 0.15) is 5.75 Å². The summed E-state index contributed by atoms with van der Waals surface area (Å²) in [6, 6.07) is 13.9. The summed E-state index contributed by atoms with van der Waals surface area (Å²) in [4.78, 5) is 2.06. The SMILES string of the molecule is CCOc1cccc(Nc2ccccc2N(C)C)c1N. The lowest BCUT2D eigenvalue weighted by molar-refractivity contribution is 0.342. The van der Waals surface area contributed by atoms with Crippen LogP contribution in [0.4, 0.5) is 22.7 Å². The van der Waals surface area contributed by atoms with Gasteiger partial charge in [-0.25, -0.2) is 0 Å². The van der Waals surface area contributed by atoms with Gasteiger partial charge in [-0.15, -0.1) is 0 Å². The molecule has 0 fully saturated rings. The normalized spacial score (nSPS) is 10.2. The van der Waals surface area contributed by atoms with E-state index >= 15 is 0 Å². The van der Waals surface area contributed by atoms with E-state index < -0.39 is 0 Å². The molecule has 0 radical (unpaired) electrons. The molecule has 0 amide bonds. The molecule has 2 aromatic rings. The first-order valence-electron chi connectivity index (χ1n) is 6.68. The van der Waals surface area contributed by atoms with Crippen LogP contribution in [0.5, 0.6) is 5.75 Å². The number of nitrogens with zero attached hydrogens (tertiary/aromatic N) is 1. The summed E-state index contributed by atoms with van der Waals surface area (Å²) in [5.74, 6) is 0.708. The van der Waals surface area contributed by atoms with Crippen molar-refractivity contribution in [1.29, 1.82) is 0 Å². The fraction of sp³-hybridized carbons (Fsp3) is 0.250. The molecule has 0 heterocycles. The number of benzene rings is 2. The van der Waals surface area contributed by atoms with Crippen LogP contribution in [0.3, 0.4) is 0 Å². The van der Waals surface area contributed by atoms with Crippen LogP contribution in [-0.4, -0.2) is 20.7 Å². The number of anilines is 4. The zero-order valence-electron chi connectivity index (χ0n) is 12.2. The summed E-state index contributed by atoms with van der Waals surface area (Å²) in [6.07, 6.45) is 0. The minimum atomic E-state index is 0.599. The highest BCUT2D eigenvalue weighted by Gasteiger charge is 2.08. The van der Waals surface area contributed by atoms with E-state index in [-0.39, 0.29) is 0 Å². The largest absolute Gasteiger partial charge is 0.492 e. The Morgan fingerprint density at radius 1 is 1.05 bits per heavy atom. The van der Waals surface area contributed by atoms with E-state index in [0.29, 0.717) is 18.0 Å². The fourth-order valence-corrected chi connectivity index (χ4v) is 2.05. The number of nitrogens with two attached hydrogens (primary N) is 1. The minimum Gasteiger partial charge on any atom is -0.492 e. The minimum absolute atomic E-state index is 0.599. The third kappa shape index (κ3) is 2.96. The number of nitrogens with one attached hydrogen (secondary N) is 1. The molecule has 0 aromatic heterocycles. The summed E-state index contributed by atoms with van der Waals surface area (Å²) in [5.41, 5.74) is 9.74. The smallest absolute Gasteiger partial charge is 0.144 e. The molecule has 20 heavy (non-hydrogen) atoms. The predicted molar refractivity (Wildman–Crippen MR) is 86.1 cm³/mol.